The van der Waals surface area contributed by atoms with E-state index in [-0.39, 0.29) is 5.66 Å². The molecule has 0 bridgehead atoms. The van der Waals surface area contributed by atoms with Gasteiger partial charge in [0.2, 0.25) is 0 Å². The SMILES string of the molecule is CC12NCc3ccccc3N1Cc1ccccc12. The highest BCUT2D eigenvalue weighted by molar-refractivity contribution is 5.63. The number of nitrogens with one attached hydrogen (secondary N) is 1. The molecule has 90 valence electrons. The van der Waals surface area contributed by atoms with Gasteiger partial charge in [-0.1, -0.05) is 42.5 Å². The van der Waals surface area contributed by atoms with Crippen molar-refractivity contribution >= 4 is 5.69 Å². The van der Waals surface area contributed by atoms with Crippen molar-refractivity contribution in [3.8, 4) is 0 Å². The van der Waals surface area contributed by atoms with Crippen molar-refractivity contribution < 1.29 is 0 Å². The van der Waals surface area contributed by atoms with Crippen molar-refractivity contribution in [3.63, 3.8) is 0 Å². The lowest BCUT2D eigenvalue weighted by Gasteiger charge is -2.43. The van der Waals surface area contributed by atoms with Gasteiger partial charge in [0, 0.05) is 18.8 Å². The highest BCUT2D eigenvalue weighted by atomic mass is 15.4. The van der Waals surface area contributed by atoms with Crippen molar-refractivity contribution in [1.29, 1.82) is 0 Å². The maximum atomic E-state index is 3.70. The number of hydrogen-bond donors (Lipinski definition) is 1. The molecule has 0 radical (unpaired) electrons. The molecule has 0 fully saturated rings. The second-order valence-corrected chi connectivity index (χ2v) is 5.30. The molecule has 2 aliphatic rings. The molecule has 2 aliphatic heterocycles. The summed E-state index contributed by atoms with van der Waals surface area (Å²) in [4.78, 5) is 2.48. The smallest absolute Gasteiger partial charge is 0.115 e. The summed E-state index contributed by atoms with van der Waals surface area (Å²) in [5.74, 6) is 0. The van der Waals surface area contributed by atoms with Crippen LogP contribution in [0.15, 0.2) is 48.5 Å². The molecular weight excluding hydrogens is 220 g/mol. The first-order valence-corrected chi connectivity index (χ1v) is 6.48. The molecule has 2 aromatic rings. The second kappa shape index (κ2) is 3.36. The Morgan fingerprint density at radius 3 is 2.61 bits per heavy atom. The van der Waals surface area contributed by atoms with Gasteiger partial charge in [-0.3, -0.25) is 5.32 Å². The minimum Gasteiger partial charge on any atom is -0.345 e. The van der Waals surface area contributed by atoms with E-state index in [9.17, 15) is 0 Å². The van der Waals surface area contributed by atoms with Gasteiger partial charge in [0.05, 0.1) is 0 Å². The first-order chi connectivity index (χ1) is 8.79. The van der Waals surface area contributed by atoms with E-state index in [0.717, 1.165) is 13.1 Å². The predicted molar refractivity (Wildman–Crippen MR) is 73.3 cm³/mol. The van der Waals surface area contributed by atoms with Crippen LogP contribution in [0.4, 0.5) is 5.69 Å². The van der Waals surface area contributed by atoms with E-state index in [1.807, 2.05) is 0 Å². The van der Waals surface area contributed by atoms with E-state index in [4.69, 9.17) is 0 Å². The average Bonchev–Trinajstić information content (AvgIpc) is 2.73. The zero-order chi connectivity index (χ0) is 12.2. The Labute approximate surface area is 107 Å². The summed E-state index contributed by atoms with van der Waals surface area (Å²) >= 11 is 0. The number of anilines is 1. The van der Waals surface area contributed by atoms with Gasteiger partial charge in [-0.25, -0.2) is 0 Å². The lowest BCUT2D eigenvalue weighted by Crippen LogP contribution is -2.53. The third-order valence-electron chi connectivity index (χ3n) is 4.32. The molecule has 1 atom stereocenters. The van der Waals surface area contributed by atoms with Crippen LogP contribution in [0.2, 0.25) is 0 Å². The highest BCUT2D eigenvalue weighted by Crippen LogP contribution is 2.44. The molecular formula is C16H16N2. The van der Waals surface area contributed by atoms with Crippen LogP contribution < -0.4 is 10.2 Å². The number of benzene rings is 2. The minimum absolute atomic E-state index is 0.0506. The maximum absolute atomic E-state index is 3.70. The normalized spacial score (nSPS) is 24.4. The first-order valence-electron chi connectivity index (χ1n) is 6.48. The first kappa shape index (κ1) is 10.2. The number of para-hydroxylation sites is 1. The molecule has 1 N–H and O–H groups in total. The van der Waals surface area contributed by atoms with Crippen molar-refractivity contribution in [2.75, 3.05) is 4.90 Å². The Bertz CT molecular complexity index is 620. The van der Waals surface area contributed by atoms with E-state index in [1.165, 1.54) is 22.4 Å². The fraction of sp³-hybridized carbons (Fsp3) is 0.250. The van der Waals surface area contributed by atoms with Gasteiger partial charge in [-0.05, 0) is 29.7 Å². The summed E-state index contributed by atoms with van der Waals surface area (Å²) in [6, 6.07) is 17.5. The lowest BCUT2D eigenvalue weighted by atomic mass is 9.96. The van der Waals surface area contributed by atoms with Crippen LogP contribution in [-0.2, 0) is 18.8 Å². The Balaban J connectivity index is 1.92. The lowest BCUT2D eigenvalue weighted by molar-refractivity contribution is 0.346. The molecule has 0 aromatic heterocycles. The second-order valence-electron chi connectivity index (χ2n) is 5.30. The zero-order valence-electron chi connectivity index (χ0n) is 10.5. The third kappa shape index (κ3) is 1.16. The minimum atomic E-state index is -0.0506. The maximum Gasteiger partial charge on any atom is 0.115 e. The summed E-state index contributed by atoms with van der Waals surface area (Å²) in [7, 11) is 0. The van der Waals surface area contributed by atoms with Crippen molar-refractivity contribution in [3.05, 3.63) is 65.2 Å². The van der Waals surface area contributed by atoms with Gasteiger partial charge < -0.3 is 4.90 Å². The molecule has 0 amide bonds. The topological polar surface area (TPSA) is 15.3 Å². The van der Waals surface area contributed by atoms with E-state index in [1.54, 1.807) is 0 Å². The molecule has 0 spiro atoms. The predicted octanol–water partition coefficient (Wildman–Crippen LogP) is 2.98. The van der Waals surface area contributed by atoms with Gasteiger partial charge in [-0.2, -0.15) is 0 Å². The van der Waals surface area contributed by atoms with Gasteiger partial charge in [0.25, 0.3) is 0 Å². The number of fused-ring (bicyclic) bond motifs is 5. The third-order valence-corrected chi connectivity index (χ3v) is 4.32. The average molecular weight is 236 g/mol. The van der Waals surface area contributed by atoms with Crippen LogP contribution in [0.25, 0.3) is 0 Å². The van der Waals surface area contributed by atoms with Gasteiger partial charge in [-0.15, -0.1) is 0 Å². The fourth-order valence-corrected chi connectivity index (χ4v) is 3.31. The van der Waals surface area contributed by atoms with Crippen molar-refractivity contribution in [2.24, 2.45) is 0 Å². The molecule has 1 unspecified atom stereocenters. The largest absolute Gasteiger partial charge is 0.345 e. The Morgan fingerprint density at radius 1 is 1.00 bits per heavy atom. The number of rotatable bonds is 0. The monoisotopic (exact) mass is 236 g/mol. The van der Waals surface area contributed by atoms with Crippen molar-refractivity contribution in [2.45, 2.75) is 25.7 Å². The molecule has 18 heavy (non-hydrogen) atoms. The number of nitrogens with zero attached hydrogens (tertiary/aromatic N) is 1. The molecule has 2 aromatic carbocycles. The highest BCUT2D eigenvalue weighted by Gasteiger charge is 2.43. The van der Waals surface area contributed by atoms with Gasteiger partial charge in [0.15, 0.2) is 0 Å². The van der Waals surface area contributed by atoms with E-state index >= 15 is 0 Å². The summed E-state index contributed by atoms with van der Waals surface area (Å²) in [5, 5.41) is 3.70. The van der Waals surface area contributed by atoms with Gasteiger partial charge in [0.1, 0.15) is 5.66 Å². The Hall–Kier alpha value is -1.80. The molecule has 2 nitrogen and oxygen atoms in total. The summed E-state index contributed by atoms with van der Waals surface area (Å²) in [6.45, 7) is 4.23. The molecule has 2 heteroatoms. The van der Waals surface area contributed by atoms with E-state index in [2.05, 4.69) is 65.7 Å². The quantitative estimate of drug-likeness (QED) is 0.756. The van der Waals surface area contributed by atoms with Crippen LogP contribution in [0.3, 0.4) is 0 Å². The van der Waals surface area contributed by atoms with Crippen LogP contribution >= 0.6 is 0 Å². The van der Waals surface area contributed by atoms with Crippen LogP contribution in [0.5, 0.6) is 0 Å². The van der Waals surface area contributed by atoms with E-state index < -0.39 is 0 Å². The summed E-state index contributed by atoms with van der Waals surface area (Å²) < 4.78 is 0. The Morgan fingerprint density at radius 2 is 1.72 bits per heavy atom. The fourth-order valence-electron chi connectivity index (χ4n) is 3.31. The zero-order valence-corrected chi connectivity index (χ0v) is 10.5. The van der Waals surface area contributed by atoms with Gasteiger partial charge >= 0.3 is 0 Å². The van der Waals surface area contributed by atoms with E-state index in [0.29, 0.717) is 0 Å². The molecule has 4 rings (SSSR count). The molecule has 0 aliphatic carbocycles. The van der Waals surface area contributed by atoms with Crippen LogP contribution in [0, 0.1) is 0 Å². The molecule has 0 saturated carbocycles. The Kier molecular flexibility index (Phi) is 1.90. The van der Waals surface area contributed by atoms with Crippen LogP contribution in [-0.4, -0.2) is 0 Å². The molecule has 2 heterocycles. The number of hydrogen-bond acceptors (Lipinski definition) is 2. The molecule has 0 saturated heterocycles. The standard InChI is InChI=1S/C16H16N2/c1-16-14-8-4-2-7-13(14)11-18(16)15-9-5-3-6-12(15)10-17-16/h2-9,17H,10-11H2,1H3. The summed E-state index contributed by atoms with van der Waals surface area (Å²) in [6.07, 6.45) is 0. The summed E-state index contributed by atoms with van der Waals surface area (Å²) in [5.41, 5.74) is 5.56. The van der Waals surface area contributed by atoms with Crippen LogP contribution in [0.1, 0.15) is 23.6 Å². The van der Waals surface area contributed by atoms with Crippen molar-refractivity contribution in [1.82, 2.24) is 5.32 Å².